The summed E-state index contributed by atoms with van der Waals surface area (Å²) >= 11 is 0. The number of carboxylic acids is 1. The molecule has 1 aliphatic heterocycles. The molecule has 6 unspecified atom stereocenters. The van der Waals surface area contributed by atoms with Crippen LogP contribution < -0.4 is 21.7 Å². The fourth-order valence-electron chi connectivity index (χ4n) is 5.48. The van der Waals surface area contributed by atoms with E-state index >= 15 is 0 Å². The van der Waals surface area contributed by atoms with Crippen LogP contribution in [0.15, 0.2) is 60.7 Å². The molecule has 2 aromatic carbocycles. The Morgan fingerprint density at radius 1 is 0.844 bits per heavy atom. The predicted molar refractivity (Wildman–Crippen MR) is 171 cm³/mol. The number of hydrogen-bond acceptors (Lipinski definition) is 6. The first-order valence-corrected chi connectivity index (χ1v) is 15.7. The molecule has 6 atom stereocenters. The molecule has 0 aliphatic carbocycles. The molecular formula is C34H47N5O6. The van der Waals surface area contributed by atoms with Crippen LogP contribution in [0.5, 0.6) is 0 Å². The standard InChI is InChI=1S/C34H47N5O6/c1-5-22(4)29(32(42)36-26(34(44)45)20-24-15-10-7-11-16-24)38-31(41)27-17-12-18-39(27)33(43)28(21(2)3)37-30(40)25(35)19-23-13-8-6-9-14-23/h6-11,13-16,21-22,25-29H,5,12,17-20,35H2,1-4H3,(H,36,42)(H,37,40)(H,38,41)(H,44,45). The molecule has 2 aromatic rings. The van der Waals surface area contributed by atoms with Crippen LogP contribution in [-0.2, 0) is 36.8 Å². The molecule has 1 fully saturated rings. The Kier molecular flexibility index (Phi) is 13.1. The number of nitrogens with one attached hydrogen (secondary N) is 3. The van der Waals surface area contributed by atoms with Crippen molar-refractivity contribution in [3.63, 3.8) is 0 Å². The first-order valence-electron chi connectivity index (χ1n) is 15.7. The minimum atomic E-state index is -1.18. The lowest BCUT2D eigenvalue weighted by molar-refractivity contribution is -0.144. The first-order chi connectivity index (χ1) is 21.4. The fourth-order valence-corrected chi connectivity index (χ4v) is 5.48. The van der Waals surface area contributed by atoms with E-state index in [1.165, 1.54) is 4.90 Å². The lowest BCUT2D eigenvalue weighted by Crippen LogP contribution is -2.60. The summed E-state index contributed by atoms with van der Waals surface area (Å²) in [5.74, 6) is -3.70. The van der Waals surface area contributed by atoms with E-state index in [1.54, 1.807) is 31.2 Å². The Bertz CT molecular complexity index is 1300. The van der Waals surface area contributed by atoms with Gasteiger partial charge in [0.1, 0.15) is 24.2 Å². The normalized spacial score (nSPS) is 17.9. The molecule has 1 heterocycles. The molecule has 0 radical (unpaired) electrons. The van der Waals surface area contributed by atoms with Crippen molar-refractivity contribution in [3.05, 3.63) is 71.8 Å². The van der Waals surface area contributed by atoms with Gasteiger partial charge in [-0.3, -0.25) is 19.2 Å². The molecule has 45 heavy (non-hydrogen) atoms. The van der Waals surface area contributed by atoms with Crippen LogP contribution in [-0.4, -0.2) is 76.4 Å². The number of nitrogens with two attached hydrogens (primary N) is 1. The maximum absolute atomic E-state index is 13.8. The predicted octanol–water partition coefficient (Wildman–Crippen LogP) is 2.03. The minimum Gasteiger partial charge on any atom is -0.480 e. The van der Waals surface area contributed by atoms with E-state index in [0.29, 0.717) is 32.2 Å². The van der Waals surface area contributed by atoms with Gasteiger partial charge in [0.15, 0.2) is 0 Å². The largest absolute Gasteiger partial charge is 0.480 e. The van der Waals surface area contributed by atoms with Crippen LogP contribution in [0.2, 0.25) is 0 Å². The highest BCUT2D eigenvalue weighted by atomic mass is 16.4. The highest BCUT2D eigenvalue weighted by Crippen LogP contribution is 2.22. The van der Waals surface area contributed by atoms with Crippen molar-refractivity contribution >= 4 is 29.6 Å². The summed E-state index contributed by atoms with van der Waals surface area (Å²) in [6.45, 7) is 7.63. The molecule has 3 rings (SSSR count). The summed E-state index contributed by atoms with van der Waals surface area (Å²) in [6, 6.07) is 13.6. The van der Waals surface area contributed by atoms with Gasteiger partial charge in [0.2, 0.25) is 23.6 Å². The average Bonchev–Trinajstić information content (AvgIpc) is 3.52. The maximum atomic E-state index is 13.8. The third kappa shape index (κ3) is 9.87. The molecule has 11 nitrogen and oxygen atoms in total. The topological polar surface area (TPSA) is 171 Å². The summed E-state index contributed by atoms with van der Waals surface area (Å²) < 4.78 is 0. The number of carbonyl (C=O) groups is 5. The maximum Gasteiger partial charge on any atom is 0.326 e. The van der Waals surface area contributed by atoms with Gasteiger partial charge in [-0.2, -0.15) is 0 Å². The molecule has 244 valence electrons. The lowest BCUT2D eigenvalue weighted by atomic mass is 9.96. The zero-order valence-electron chi connectivity index (χ0n) is 26.6. The van der Waals surface area contributed by atoms with Crippen molar-refractivity contribution in [2.24, 2.45) is 17.6 Å². The van der Waals surface area contributed by atoms with Crippen LogP contribution in [0.4, 0.5) is 0 Å². The van der Waals surface area contributed by atoms with E-state index in [2.05, 4.69) is 16.0 Å². The number of benzene rings is 2. The second-order valence-electron chi connectivity index (χ2n) is 12.2. The van der Waals surface area contributed by atoms with Gasteiger partial charge in [0, 0.05) is 13.0 Å². The number of carbonyl (C=O) groups excluding carboxylic acids is 4. The third-order valence-electron chi connectivity index (χ3n) is 8.39. The van der Waals surface area contributed by atoms with Crippen LogP contribution in [0.3, 0.4) is 0 Å². The van der Waals surface area contributed by atoms with E-state index in [1.807, 2.05) is 57.2 Å². The number of hydrogen-bond donors (Lipinski definition) is 5. The molecule has 0 spiro atoms. The van der Waals surface area contributed by atoms with Crippen molar-refractivity contribution in [3.8, 4) is 0 Å². The first kappa shape index (κ1) is 35.2. The highest BCUT2D eigenvalue weighted by molar-refractivity contribution is 5.96. The monoisotopic (exact) mass is 621 g/mol. The second-order valence-corrected chi connectivity index (χ2v) is 12.2. The van der Waals surface area contributed by atoms with Crippen LogP contribution >= 0.6 is 0 Å². The van der Waals surface area contributed by atoms with Gasteiger partial charge in [0.05, 0.1) is 6.04 Å². The van der Waals surface area contributed by atoms with Gasteiger partial charge in [-0.1, -0.05) is 94.8 Å². The van der Waals surface area contributed by atoms with Crippen molar-refractivity contribution in [1.82, 2.24) is 20.9 Å². The number of carboxylic acid groups (broad SMARTS) is 1. The second kappa shape index (κ2) is 16.7. The van der Waals surface area contributed by atoms with Gasteiger partial charge in [-0.15, -0.1) is 0 Å². The van der Waals surface area contributed by atoms with Crippen LogP contribution in [0.25, 0.3) is 0 Å². The van der Waals surface area contributed by atoms with Gasteiger partial charge < -0.3 is 31.7 Å². The Hall–Kier alpha value is -4.25. The number of rotatable bonds is 15. The van der Waals surface area contributed by atoms with Crippen molar-refractivity contribution in [2.75, 3.05) is 6.54 Å². The highest BCUT2D eigenvalue weighted by Gasteiger charge is 2.41. The average molecular weight is 622 g/mol. The summed E-state index contributed by atoms with van der Waals surface area (Å²) in [6.07, 6.45) is 1.92. The van der Waals surface area contributed by atoms with Crippen molar-refractivity contribution < 1.29 is 29.1 Å². The van der Waals surface area contributed by atoms with Gasteiger partial charge >= 0.3 is 5.97 Å². The number of nitrogens with zero attached hydrogens (tertiary/aromatic N) is 1. The zero-order valence-corrected chi connectivity index (χ0v) is 26.6. The SMILES string of the molecule is CCC(C)C(NC(=O)C1CCCN1C(=O)C(NC(=O)C(N)Cc1ccccc1)C(C)C)C(=O)NC(Cc1ccccc1)C(=O)O. The molecule has 6 N–H and O–H groups in total. The van der Waals surface area contributed by atoms with Gasteiger partial charge in [-0.05, 0) is 42.2 Å². The molecule has 1 aliphatic rings. The number of likely N-dealkylation sites (tertiary alicyclic amines) is 1. The van der Waals surface area contributed by atoms with E-state index < -0.39 is 53.9 Å². The van der Waals surface area contributed by atoms with E-state index in [4.69, 9.17) is 5.73 Å². The van der Waals surface area contributed by atoms with Crippen LogP contribution in [0.1, 0.15) is 58.1 Å². The van der Waals surface area contributed by atoms with Gasteiger partial charge in [0.25, 0.3) is 0 Å². The summed E-state index contributed by atoms with van der Waals surface area (Å²) in [5, 5.41) is 18.0. The molecule has 11 heteroatoms. The summed E-state index contributed by atoms with van der Waals surface area (Å²) in [4.78, 5) is 67.3. The molecule has 4 amide bonds. The fraction of sp³-hybridized carbons (Fsp3) is 0.500. The molecule has 0 saturated carbocycles. The lowest BCUT2D eigenvalue weighted by Gasteiger charge is -2.32. The van der Waals surface area contributed by atoms with E-state index in [9.17, 15) is 29.1 Å². The minimum absolute atomic E-state index is 0.0886. The summed E-state index contributed by atoms with van der Waals surface area (Å²) in [7, 11) is 0. The number of aliphatic carboxylic acids is 1. The van der Waals surface area contributed by atoms with Gasteiger partial charge in [-0.25, -0.2) is 4.79 Å². The summed E-state index contributed by atoms with van der Waals surface area (Å²) in [5.41, 5.74) is 7.83. The Balaban J connectivity index is 1.69. The van der Waals surface area contributed by atoms with Crippen LogP contribution in [0, 0.1) is 11.8 Å². The molecular weight excluding hydrogens is 574 g/mol. The molecule has 0 aromatic heterocycles. The van der Waals surface area contributed by atoms with E-state index in [0.717, 1.165) is 11.1 Å². The molecule has 1 saturated heterocycles. The van der Waals surface area contributed by atoms with E-state index in [-0.39, 0.29) is 24.2 Å². The zero-order chi connectivity index (χ0) is 33.1. The smallest absolute Gasteiger partial charge is 0.326 e. The Morgan fingerprint density at radius 3 is 1.96 bits per heavy atom. The third-order valence-corrected chi connectivity index (χ3v) is 8.39. The van der Waals surface area contributed by atoms with Crippen molar-refractivity contribution in [2.45, 2.75) is 90.0 Å². The Morgan fingerprint density at radius 2 is 1.42 bits per heavy atom. The Labute approximate surface area is 265 Å². The quantitative estimate of drug-likeness (QED) is 0.203. The molecule has 0 bridgehead atoms. The van der Waals surface area contributed by atoms with Crippen molar-refractivity contribution in [1.29, 1.82) is 0 Å². The number of amides is 4.